The molecule has 0 fully saturated rings. The molecule has 7 aromatic heterocycles. The second-order valence-corrected chi connectivity index (χ2v) is 36.2. The molecule has 0 aliphatic rings. The number of rotatable bonds is 28. The average molecular weight is 2020 g/mol. The first-order valence-corrected chi connectivity index (χ1v) is 47.6. The Hall–Kier alpha value is -16.2. The summed E-state index contributed by atoms with van der Waals surface area (Å²) in [5, 5.41) is 16.7. The monoisotopic (exact) mass is 2010 g/mol. The van der Waals surface area contributed by atoms with Crippen LogP contribution in [0.1, 0.15) is 136 Å². The van der Waals surface area contributed by atoms with E-state index in [1.165, 1.54) is 13.3 Å². The van der Waals surface area contributed by atoms with Gasteiger partial charge < -0.3 is 54.2 Å². The molecule has 144 heavy (non-hydrogen) atoms. The Morgan fingerprint density at radius 1 is 0.257 bits per heavy atom. The summed E-state index contributed by atoms with van der Waals surface area (Å²) in [4.78, 5) is 135. The van der Waals surface area contributed by atoms with Crippen molar-refractivity contribution in [3.8, 4) is 28.4 Å². The van der Waals surface area contributed by atoms with Gasteiger partial charge in [0.25, 0.3) is 58.5 Å². The Kier molecular flexibility index (Phi) is 36.0. The Labute approximate surface area is 859 Å². The molecule has 0 bridgehead atoms. The van der Waals surface area contributed by atoms with E-state index >= 15 is 0 Å². The second-order valence-electron chi connectivity index (χ2n) is 34.0. The van der Waals surface area contributed by atoms with Gasteiger partial charge in [0.2, 0.25) is 5.88 Å². The number of aromatic nitrogens is 7. The van der Waals surface area contributed by atoms with Gasteiger partial charge in [-0.2, -0.15) is 0 Å². The highest BCUT2D eigenvalue weighted by Gasteiger charge is 2.30. The van der Waals surface area contributed by atoms with Crippen molar-refractivity contribution in [1.82, 2.24) is 32.8 Å². The summed E-state index contributed by atoms with van der Waals surface area (Å²) in [6, 6.07) is 98.1. The number of pyridine rings is 2. The number of anilines is 5. The number of hydrogen-bond donors (Lipinski definition) is 5. The molecule has 17 aromatic rings. The molecular formula is C116H103Cl5N12O11. The fourth-order valence-corrected chi connectivity index (χ4v) is 16.7. The zero-order valence-electron chi connectivity index (χ0n) is 80.8. The van der Waals surface area contributed by atoms with Gasteiger partial charge in [0.05, 0.1) is 7.11 Å². The van der Waals surface area contributed by atoms with Gasteiger partial charge in [0, 0.05) is 195 Å². The minimum absolute atomic E-state index is 0.344. The highest BCUT2D eigenvalue weighted by Crippen LogP contribution is 2.33. The maximum absolute atomic E-state index is 13.1. The molecule has 0 spiro atoms. The number of aryl methyl sites for hydroxylation is 5. The third kappa shape index (κ3) is 27.8. The number of Topliss-reactive ketones (excluding diaryl/α,β-unsaturated/α-hetero) is 5. The van der Waals surface area contributed by atoms with Crippen LogP contribution in [0.2, 0.25) is 25.1 Å². The minimum atomic E-state index is -0.727. The molecule has 7 heterocycles. The molecule has 0 aliphatic heterocycles. The fraction of sp³-hybridized carbons (Fsp3) is 0.138. The summed E-state index contributed by atoms with van der Waals surface area (Å²) >= 11 is 29.9. The van der Waals surface area contributed by atoms with Crippen LogP contribution in [0.3, 0.4) is 0 Å². The third-order valence-electron chi connectivity index (χ3n) is 23.8. The van der Waals surface area contributed by atoms with Crippen LogP contribution in [0, 0.1) is 69.2 Å². The molecule has 728 valence electrons. The molecule has 0 unspecified atom stereocenters. The van der Waals surface area contributed by atoms with E-state index in [0.717, 1.165) is 101 Å². The van der Waals surface area contributed by atoms with Crippen LogP contribution < -0.4 is 31.3 Å². The number of carbonyl (C=O) groups excluding carboxylic acids is 10. The third-order valence-corrected chi connectivity index (χ3v) is 25.1. The van der Waals surface area contributed by atoms with Gasteiger partial charge in [-0.3, -0.25) is 52.9 Å². The van der Waals surface area contributed by atoms with Crippen molar-refractivity contribution in [2.75, 3.05) is 33.7 Å². The van der Waals surface area contributed by atoms with E-state index in [1.807, 2.05) is 300 Å². The normalized spacial score (nSPS) is 10.6. The number of hydrogen-bond acceptors (Lipinski definition) is 13. The van der Waals surface area contributed by atoms with E-state index in [1.54, 1.807) is 115 Å². The Bertz CT molecular complexity index is 7360. The van der Waals surface area contributed by atoms with Crippen LogP contribution in [0.25, 0.3) is 22.5 Å². The summed E-state index contributed by atoms with van der Waals surface area (Å²) in [5.74, 6) is -5.77. The molecule has 5 amide bonds. The fourth-order valence-electron chi connectivity index (χ4n) is 16.1. The number of nitrogens with zero attached hydrogens (tertiary/aromatic N) is 7. The summed E-state index contributed by atoms with van der Waals surface area (Å²) in [6.45, 7) is 21.7. The first-order chi connectivity index (χ1) is 69.1. The number of ether oxygens (including phenoxy) is 1. The number of halogens is 5. The van der Waals surface area contributed by atoms with E-state index in [4.69, 9.17) is 62.7 Å². The number of ketones is 5. The number of para-hydroxylation sites is 2. The maximum atomic E-state index is 13.1. The number of methoxy groups -OCH3 is 1. The zero-order chi connectivity index (χ0) is 103. The minimum Gasteiger partial charge on any atom is -0.481 e. The molecular weight excluding hydrogens is 1910 g/mol. The van der Waals surface area contributed by atoms with E-state index in [-0.39, 0.29) is 0 Å². The molecule has 28 heteroatoms. The zero-order valence-corrected chi connectivity index (χ0v) is 84.6. The van der Waals surface area contributed by atoms with Gasteiger partial charge in [-0.1, -0.05) is 228 Å². The standard InChI is InChI=1S/C26H22ClN3O3.C26H21ClN2O2.C22H21ClN2O2.C21H20ClN3O2.C21H19ClN2O2/c1-17-22(25(31)26(32)29-21-12-13-28-24(14-21)33-2)15-23(19-6-4-3-5-7-19)30(17)16-18-8-10-20(27)11-9-18;1-18-23(25(30)26(31)28-22-10-6-3-7-11-22)16-24(20-8-4-2-5-9-20)29(18)17-19-12-14-21(27)15-13-19;1-14-5-4-6-19(11-14)24-22(27)21(26)20-12-15(2)25(16(20)3)13-17-7-9-18(23)10-8-17;1-13-10-18(8-9-23-13)24-21(27)20(26)19-11-14(2)25(15(19)3)12-16-4-6-17(22)7-5-16;1-14-12-19(20(25)21(26)23-18-6-4-3-5-7-18)15(2)24(14)13-16-8-10-17(22)11-9-16/h3-15H,16H2,1-2H3,(H,28,29,32);2-16H,17H2,1H3,(H,28,31);4-12H,13H2,1-3H3,(H,24,27);4-11H,12H2,1-3H3,(H,23,24,27);3-12H,13H2,1-2H3,(H,23,26). The molecule has 0 aliphatic carbocycles. The SMILES string of the molecule is COc1cc(NC(=O)C(=O)c2cc(-c3ccccc3)n(Cc3ccc(Cl)cc3)c2C)ccn1.Cc1c(C(=O)C(=O)Nc2ccccc2)cc(-c2ccccc2)n1Cc1ccc(Cl)cc1.Cc1cc(C(=O)C(=O)Nc2ccccc2)c(C)n1Cc1ccc(Cl)cc1.Cc1cc(NC(=O)C(=O)c2cc(C)n(Cc3ccc(Cl)cc3)c2C)ccn1.Cc1cccc(NC(=O)C(=O)c2cc(C)n(Cc3ccc(Cl)cc3)c2C)c1. The number of carbonyl (C=O) groups is 10. The van der Waals surface area contributed by atoms with Gasteiger partial charge in [0.15, 0.2) is 0 Å². The molecule has 17 rings (SSSR count). The Balaban J connectivity index is 0.000000151. The lowest BCUT2D eigenvalue weighted by Crippen LogP contribution is -2.23. The van der Waals surface area contributed by atoms with Crippen molar-refractivity contribution in [2.24, 2.45) is 0 Å². The molecule has 5 N–H and O–H groups in total. The molecule has 0 radical (unpaired) electrons. The molecule has 10 aromatic carbocycles. The van der Waals surface area contributed by atoms with Crippen molar-refractivity contribution in [1.29, 1.82) is 0 Å². The summed E-state index contributed by atoms with van der Waals surface area (Å²) in [5.41, 5.74) is 22.0. The van der Waals surface area contributed by atoms with Crippen LogP contribution in [0.15, 0.2) is 334 Å². The maximum Gasteiger partial charge on any atom is 0.296 e. The first-order valence-electron chi connectivity index (χ1n) is 45.8. The van der Waals surface area contributed by atoms with Crippen molar-refractivity contribution in [3.63, 3.8) is 0 Å². The van der Waals surface area contributed by atoms with Crippen LogP contribution in [0.4, 0.5) is 28.4 Å². The highest BCUT2D eigenvalue weighted by molar-refractivity contribution is 6.49. The van der Waals surface area contributed by atoms with Gasteiger partial charge in [-0.25, -0.2) is 4.98 Å². The topological polar surface area (TPSA) is 291 Å². The summed E-state index contributed by atoms with van der Waals surface area (Å²) in [6.07, 6.45) is 3.09. The largest absolute Gasteiger partial charge is 0.481 e. The molecule has 0 saturated carbocycles. The quantitative estimate of drug-likeness (QED) is 0.0225. The highest BCUT2D eigenvalue weighted by atomic mass is 35.5. The van der Waals surface area contributed by atoms with Crippen molar-refractivity contribution in [2.45, 2.75) is 102 Å². The predicted molar refractivity (Wildman–Crippen MR) is 572 cm³/mol. The molecule has 23 nitrogen and oxygen atoms in total. The molecule has 0 atom stereocenters. The van der Waals surface area contributed by atoms with Gasteiger partial charge >= 0.3 is 0 Å². The van der Waals surface area contributed by atoms with E-state index in [9.17, 15) is 47.9 Å². The van der Waals surface area contributed by atoms with E-state index in [0.29, 0.717) is 126 Å². The van der Waals surface area contributed by atoms with E-state index in [2.05, 4.69) is 41.1 Å². The second kappa shape index (κ2) is 49.3. The summed E-state index contributed by atoms with van der Waals surface area (Å²) in [7, 11) is 1.48. The van der Waals surface area contributed by atoms with Crippen molar-refractivity contribution >= 4 is 145 Å². The smallest absolute Gasteiger partial charge is 0.296 e. The van der Waals surface area contributed by atoms with Gasteiger partial charge in [-0.15, -0.1) is 0 Å². The Morgan fingerprint density at radius 3 is 0.799 bits per heavy atom. The van der Waals surface area contributed by atoms with Crippen LogP contribution >= 0.6 is 58.0 Å². The number of benzene rings is 10. The predicted octanol–water partition coefficient (Wildman–Crippen LogP) is 25.3. The van der Waals surface area contributed by atoms with Gasteiger partial charge in [-0.05, 0) is 259 Å². The van der Waals surface area contributed by atoms with Crippen LogP contribution in [0.5, 0.6) is 5.88 Å². The van der Waals surface area contributed by atoms with Crippen LogP contribution in [-0.4, -0.2) is 98.4 Å². The first kappa shape index (κ1) is 105. The van der Waals surface area contributed by atoms with Crippen molar-refractivity contribution in [3.05, 3.63) is 471 Å². The van der Waals surface area contributed by atoms with Crippen LogP contribution in [-0.2, 0) is 56.7 Å². The van der Waals surface area contributed by atoms with Gasteiger partial charge in [0.1, 0.15) is 0 Å². The number of amides is 5. The molecule has 0 saturated heterocycles. The Morgan fingerprint density at radius 2 is 0.507 bits per heavy atom. The summed E-state index contributed by atoms with van der Waals surface area (Å²) < 4.78 is 15.2. The average Bonchev–Trinajstić information content (AvgIpc) is 1.65. The van der Waals surface area contributed by atoms with E-state index < -0.39 is 58.5 Å². The van der Waals surface area contributed by atoms with Crippen molar-refractivity contribution < 1.29 is 52.7 Å². The lowest BCUT2D eigenvalue weighted by molar-refractivity contribution is -0.113. The lowest BCUT2D eigenvalue weighted by Gasteiger charge is -2.13. The number of nitrogens with one attached hydrogen (secondary N) is 5. The lowest BCUT2D eigenvalue weighted by atomic mass is 10.1.